The van der Waals surface area contributed by atoms with Crippen molar-refractivity contribution < 1.29 is 14.6 Å². The number of aromatic amines is 1. The number of ether oxygens (including phenoxy) is 1. The first-order valence-electron chi connectivity index (χ1n) is 7.84. The lowest BCUT2D eigenvalue weighted by Gasteiger charge is -2.11. The van der Waals surface area contributed by atoms with Gasteiger partial charge in [0, 0.05) is 18.4 Å². The molecule has 130 valence electrons. The number of nitrogens with one attached hydrogen (secondary N) is 2. The van der Waals surface area contributed by atoms with Crippen LogP contribution in [0, 0.1) is 0 Å². The highest BCUT2D eigenvalue weighted by molar-refractivity contribution is 9.10. The van der Waals surface area contributed by atoms with Crippen LogP contribution in [0.5, 0.6) is 5.75 Å². The Bertz CT molecular complexity index is 908. The van der Waals surface area contributed by atoms with Gasteiger partial charge in [0.2, 0.25) is 0 Å². The predicted molar refractivity (Wildman–Crippen MR) is 99.2 cm³/mol. The Morgan fingerprint density at radius 1 is 1.32 bits per heavy atom. The number of carboxylic acid groups (broad SMARTS) is 1. The van der Waals surface area contributed by atoms with Crippen molar-refractivity contribution in [3.63, 3.8) is 0 Å². The molecule has 2 aromatic carbocycles. The van der Waals surface area contributed by atoms with Gasteiger partial charge in [-0.15, -0.1) is 0 Å². The van der Waals surface area contributed by atoms with E-state index in [1.54, 1.807) is 6.07 Å². The van der Waals surface area contributed by atoms with E-state index in [0.717, 1.165) is 33.0 Å². The molecule has 1 aromatic heterocycles. The van der Waals surface area contributed by atoms with Gasteiger partial charge in [0.1, 0.15) is 5.75 Å². The van der Waals surface area contributed by atoms with Gasteiger partial charge in [-0.05, 0) is 52.3 Å². The Morgan fingerprint density at radius 3 is 2.88 bits per heavy atom. The van der Waals surface area contributed by atoms with Crippen molar-refractivity contribution in [1.82, 2.24) is 15.5 Å². The van der Waals surface area contributed by atoms with E-state index in [-0.39, 0.29) is 5.56 Å². The van der Waals surface area contributed by atoms with E-state index in [1.165, 1.54) is 12.1 Å². The average Bonchev–Trinajstić information content (AvgIpc) is 3.08. The number of hydrogen-bond acceptors (Lipinski definition) is 4. The third-order valence-electron chi connectivity index (χ3n) is 3.97. The second kappa shape index (κ2) is 7.67. The van der Waals surface area contributed by atoms with E-state index in [9.17, 15) is 4.79 Å². The molecule has 0 aliphatic rings. The molecule has 0 aliphatic carbocycles. The predicted octanol–water partition coefficient (Wildman–Crippen LogP) is 3.36. The number of carboxylic acids is 1. The zero-order valence-corrected chi connectivity index (χ0v) is 15.3. The summed E-state index contributed by atoms with van der Waals surface area (Å²) in [6.07, 6.45) is 2.52. The number of carbonyl (C=O) groups is 1. The maximum Gasteiger partial charge on any atom is 0.335 e. The van der Waals surface area contributed by atoms with Gasteiger partial charge in [0.25, 0.3) is 0 Å². The molecule has 0 bridgehead atoms. The summed E-state index contributed by atoms with van der Waals surface area (Å²) >= 11 is 3.39. The van der Waals surface area contributed by atoms with Crippen molar-refractivity contribution in [2.24, 2.45) is 0 Å². The number of nitrogens with zero attached hydrogens (tertiary/aromatic N) is 1. The molecular formula is C18H18BrN3O3. The molecule has 0 unspecified atom stereocenters. The summed E-state index contributed by atoms with van der Waals surface area (Å²) in [6, 6.07) is 8.90. The average molecular weight is 404 g/mol. The minimum absolute atomic E-state index is 0.201. The number of aromatic nitrogens is 2. The Labute approximate surface area is 153 Å². The van der Waals surface area contributed by atoms with Crippen molar-refractivity contribution in [3.8, 4) is 5.75 Å². The molecule has 7 heteroatoms. The highest BCUT2D eigenvalue weighted by Crippen LogP contribution is 2.27. The van der Waals surface area contributed by atoms with Gasteiger partial charge >= 0.3 is 5.97 Å². The molecular weight excluding hydrogens is 386 g/mol. The number of H-pyrrole nitrogens is 1. The molecule has 6 nitrogen and oxygen atoms in total. The summed E-state index contributed by atoms with van der Waals surface area (Å²) in [6.45, 7) is 1.21. The fourth-order valence-corrected chi connectivity index (χ4v) is 3.08. The summed E-state index contributed by atoms with van der Waals surface area (Å²) in [5.41, 5.74) is 3.53. The van der Waals surface area contributed by atoms with Crippen LogP contribution in [0.3, 0.4) is 0 Å². The standard InChI is InChI=1S/C18H18BrN3O3/c1-20-9-13-3-2-11(14-10-21-22-17(13)14)6-7-25-16-8-12(18(23)24)4-5-15(16)19/h2-5,8,10,20H,6-7,9H2,1H3,(H,21,22)(H,23,24). The van der Waals surface area contributed by atoms with Crippen molar-refractivity contribution in [3.05, 3.63) is 57.7 Å². The molecule has 0 saturated heterocycles. The zero-order valence-electron chi connectivity index (χ0n) is 13.7. The highest BCUT2D eigenvalue weighted by atomic mass is 79.9. The van der Waals surface area contributed by atoms with Gasteiger partial charge in [-0.3, -0.25) is 5.10 Å². The lowest BCUT2D eigenvalue weighted by Crippen LogP contribution is -2.07. The molecule has 3 N–H and O–H groups in total. The minimum Gasteiger partial charge on any atom is -0.492 e. The Morgan fingerprint density at radius 2 is 2.12 bits per heavy atom. The van der Waals surface area contributed by atoms with Gasteiger partial charge < -0.3 is 15.2 Å². The summed E-state index contributed by atoms with van der Waals surface area (Å²) < 4.78 is 6.51. The van der Waals surface area contributed by atoms with E-state index in [0.29, 0.717) is 18.8 Å². The van der Waals surface area contributed by atoms with Crippen LogP contribution in [-0.4, -0.2) is 34.9 Å². The number of hydrogen-bond donors (Lipinski definition) is 3. The SMILES string of the molecule is CNCc1ccc(CCOc2cc(C(=O)O)ccc2Br)c2cn[nH]c12. The van der Waals surface area contributed by atoms with E-state index in [4.69, 9.17) is 9.84 Å². The second-order valence-corrected chi connectivity index (χ2v) is 6.48. The minimum atomic E-state index is -0.974. The molecule has 0 radical (unpaired) electrons. The van der Waals surface area contributed by atoms with Crippen molar-refractivity contribution in [2.75, 3.05) is 13.7 Å². The highest BCUT2D eigenvalue weighted by Gasteiger charge is 2.10. The molecule has 1 heterocycles. The maximum absolute atomic E-state index is 11.1. The van der Waals surface area contributed by atoms with Crippen LogP contribution in [-0.2, 0) is 13.0 Å². The van der Waals surface area contributed by atoms with Gasteiger partial charge in [-0.2, -0.15) is 5.10 Å². The normalized spacial score (nSPS) is 11.0. The van der Waals surface area contributed by atoms with Crippen LogP contribution in [0.15, 0.2) is 41.0 Å². The summed E-state index contributed by atoms with van der Waals surface area (Å²) in [4.78, 5) is 11.1. The molecule has 3 rings (SSSR count). The van der Waals surface area contributed by atoms with Crippen LogP contribution in [0.2, 0.25) is 0 Å². The monoisotopic (exact) mass is 403 g/mol. The number of rotatable bonds is 7. The van der Waals surface area contributed by atoms with Crippen LogP contribution >= 0.6 is 15.9 Å². The molecule has 0 fully saturated rings. The molecule has 3 aromatic rings. The van der Waals surface area contributed by atoms with Crippen molar-refractivity contribution >= 4 is 32.8 Å². The van der Waals surface area contributed by atoms with Crippen molar-refractivity contribution in [2.45, 2.75) is 13.0 Å². The second-order valence-electron chi connectivity index (χ2n) is 5.62. The third-order valence-corrected chi connectivity index (χ3v) is 4.62. The van der Waals surface area contributed by atoms with E-state index in [1.807, 2.05) is 13.2 Å². The number of aromatic carboxylic acids is 1. The fourth-order valence-electron chi connectivity index (χ4n) is 2.72. The zero-order chi connectivity index (χ0) is 17.8. The molecule has 0 amide bonds. The van der Waals surface area contributed by atoms with Crippen LogP contribution in [0.4, 0.5) is 0 Å². The quantitative estimate of drug-likeness (QED) is 0.562. The third kappa shape index (κ3) is 3.83. The molecule has 0 spiro atoms. The van der Waals surface area contributed by atoms with Gasteiger partial charge in [0.15, 0.2) is 0 Å². The topological polar surface area (TPSA) is 87.2 Å². The van der Waals surface area contributed by atoms with Gasteiger partial charge in [0.05, 0.1) is 28.4 Å². The van der Waals surface area contributed by atoms with Gasteiger partial charge in [-0.25, -0.2) is 4.79 Å². The first-order valence-corrected chi connectivity index (χ1v) is 8.63. The maximum atomic E-state index is 11.1. The van der Waals surface area contributed by atoms with Crippen LogP contribution in [0.1, 0.15) is 21.5 Å². The lowest BCUT2D eigenvalue weighted by atomic mass is 10.0. The van der Waals surface area contributed by atoms with Crippen LogP contribution in [0.25, 0.3) is 10.9 Å². The number of fused-ring (bicyclic) bond motifs is 1. The Hall–Kier alpha value is -2.38. The Balaban J connectivity index is 1.74. The summed E-state index contributed by atoms with van der Waals surface area (Å²) in [7, 11) is 1.91. The number of benzene rings is 2. The lowest BCUT2D eigenvalue weighted by molar-refractivity contribution is 0.0696. The first-order chi connectivity index (χ1) is 12.1. The molecule has 0 saturated carbocycles. The summed E-state index contributed by atoms with van der Waals surface area (Å²) in [5, 5.41) is 20.5. The van der Waals surface area contributed by atoms with Crippen LogP contribution < -0.4 is 10.1 Å². The smallest absolute Gasteiger partial charge is 0.335 e. The first kappa shape index (κ1) is 17.4. The Kier molecular flexibility index (Phi) is 5.35. The van der Waals surface area contributed by atoms with Crippen molar-refractivity contribution in [1.29, 1.82) is 0 Å². The summed E-state index contributed by atoms with van der Waals surface area (Å²) in [5.74, 6) is -0.451. The van der Waals surface area contributed by atoms with E-state index < -0.39 is 5.97 Å². The van der Waals surface area contributed by atoms with E-state index in [2.05, 4.69) is 43.6 Å². The van der Waals surface area contributed by atoms with E-state index >= 15 is 0 Å². The largest absolute Gasteiger partial charge is 0.492 e. The fraction of sp³-hybridized carbons (Fsp3) is 0.222. The molecule has 0 aliphatic heterocycles. The van der Waals surface area contributed by atoms with Gasteiger partial charge in [-0.1, -0.05) is 12.1 Å². The molecule has 25 heavy (non-hydrogen) atoms. The number of halogens is 1. The molecule has 0 atom stereocenters.